The smallest absolute Gasteiger partial charge is 0.320 e. The number of aromatic nitrogens is 3. The third-order valence-corrected chi connectivity index (χ3v) is 7.07. The number of hydrogen-bond donors (Lipinski definition) is 3. The summed E-state index contributed by atoms with van der Waals surface area (Å²) in [5, 5.41) is 14.3. The Morgan fingerprint density at radius 3 is 2.52 bits per heavy atom. The van der Waals surface area contributed by atoms with Crippen LogP contribution in [-0.2, 0) is 9.57 Å². The number of urea groups is 1. The summed E-state index contributed by atoms with van der Waals surface area (Å²) < 4.78 is 49.1. The van der Waals surface area contributed by atoms with Crippen molar-refractivity contribution in [1.29, 1.82) is 0 Å². The van der Waals surface area contributed by atoms with Gasteiger partial charge in [0, 0.05) is 44.6 Å². The van der Waals surface area contributed by atoms with Gasteiger partial charge in [0.1, 0.15) is 11.9 Å². The van der Waals surface area contributed by atoms with E-state index in [0.717, 1.165) is 18.2 Å². The van der Waals surface area contributed by atoms with E-state index >= 15 is 0 Å². The van der Waals surface area contributed by atoms with E-state index in [4.69, 9.17) is 9.57 Å². The molecule has 4 aromatic rings. The lowest BCUT2D eigenvalue weighted by Gasteiger charge is -2.20. The fourth-order valence-corrected chi connectivity index (χ4v) is 4.87. The van der Waals surface area contributed by atoms with Gasteiger partial charge in [0.25, 0.3) is 5.91 Å². The van der Waals surface area contributed by atoms with E-state index in [-0.39, 0.29) is 12.2 Å². The number of nitrogens with one attached hydrogen (secondary N) is 3. The minimum atomic E-state index is -1.03. The molecular weight excluding hydrogens is 579 g/mol. The Bertz CT molecular complexity index is 1670. The summed E-state index contributed by atoms with van der Waals surface area (Å²) in [5.74, 6) is -3.24. The molecule has 1 aliphatic heterocycles. The van der Waals surface area contributed by atoms with E-state index in [1.54, 1.807) is 43.4 Å². The van der Waals surface area contributed by atoms with Gasteiger partial charge in [0.15, 0.2) is 23.1 Å². The summed E-state index contributed by atoms with van der Waals surface area (Å²) in [5.41, 5.74) is 1.72. The molecule has 2 aromatic carbocycles. The number of benzene rings is 2. The average Bonchev–Trinajstić information content (AvgIpc) is 3.57. The fourth-order valence-electron chi connectivity index (χ4n) is 4.87. The summed E-state index contributed by atoms with van der Waals surface area (Å²) in [4.78, 5) is 35.3. The van der Waals surface area contributed by atoms with Gasteiger partial charge in [-0.2, -0.15) is 10.2 Å². The number of para-hydroxylation sites is 1. The van der Waals surface area contributed by atoms with Crippen LogP contribution < -0.4 is 16.0 Å². The summed E-state index contributed by atoms with van der Waals surface area (Å²) in [6, 6.07) is 12.3. The number of methoxy groups -OCH3 is 1. The Kier molecular flexibility index (Phi) is 9.23. The molecule has 14 heteroatoms. The molecule has 0 unspecified atom stereocenters. The highest BCUT2D eigenvalue weighted by Crippen LogP contribution is 2.32. The predicted octanol–water partition coefficient (Wildman–Crippen LogP) is 4.14. The van der Waals surface area contributed by atoms with Crippen LogP contribution in [-0.4, -0.2) is 71.7 Å². The molecule has 1 saturated heterocycles. The molecule has 3 heterocycles. The molecule has 1 fully saturated rings. The third kappa shape index (κ3) is 6.41. The highest BCUT2D eigenvalue weighted by atomic mass is 19.2. The molecule has 1 aliphatic rings. The van der Waals surface area contributed by atoms with Crippen molar-refractivity contribution in [2.24, 2.45) is 0 Å². The zero-order valence-corrected chi connectivity index (χ0v) is 24.1. The number of anilines is 1. The molecule has 0 bridgehead atoms. The van der Waals surface area contributed by atoms with Crippen LogP contribution in [0, 0.1) is 24.4 Å². The van der Waals surface area contributed by atoms with Crippen molar-refractivity contribution >= 4 is 17.8 Å². The van der Waals surface area contributed by atoms with E-state index < -0.39 is 41.5 Å². The molecule has 2 atom stereocenters. The number of carbonyl (C=O) groups excluding carboxylic acids is 2. The number of carbonyl (C=O) groups is 2. The number of pyridine rings is 1. The number of amides is 3. The SMILES string of the molecule is CNC(=O)c1ncc(-c2nn(-c3ccccc3)c(NC(=O)N[C@@H]3CN(CCOC)O[C@H]3c3ccc(F)c(F)c3)c2C)cc1F. The second-order valence-electron chi connectivity index (χ2n) is 9.99. The highest BCUT2D eigenvalue weighted by Gasteiger charge is 2.37. The first-order valence-electron chi connectivity index (χ1n) is 13.7. The standard InChI is InChI=1S/C30H30F3N7O4/c1-17-25(19-14-23(33)26(35-15-19)29(41)34-2)38-40(20-7-5-4-6-8-20)28(17)37-30(42)36-24-16-39(11-12-43-3)44-27(24)18-9-10-21(31)22(32)13-18/h4-10,13-15,24,27H,11-12,16H2,1-3H3,(H,34,41)(H2,36,37,42)/t24-,27+/m1/s1. The van der Waals surface area contributed by atoms with Gasteiger partial charge >= 0.3 is 6.03 Å². The van der Waals surface area contributed by atoms with E-state index in [0.29, 0.717) is 47.0 Å². The van der Waals surface area contributed by atoms with Gasteiger partial charge in [-0.3, -0.25) is 14.9 Å². The first-order valence-corrected chi connectivity index (χ1v) is 13.7. The Morgan fingerprint density at radius 1 is 1.07 bits per heavy atom. The number of rotatable bonds is 9. The van der Waals surface area contributed by atoms with Gasteiger partial charge in [-0.15, -0.1) is 0 Å². The molecule has 0 radical (unpaired) electrons. The van der Waals surface area contributed by atoms with Crippen LogP contribution >= 0.6 is 0 Å². The summed E-state index contributed by atoms with van der Waals surface area (Å²) >= 11 is 0. The predicted molar refractivity (Wildman–Crippen MR) is 154 cm³/mol. The van der Waals surface area contributed by atoms with E-state index in [1.807, 2.05) is 6.07 Å². The maximum Gasteiger partial charge on any atom is 0.320 e. The van der Waals surface area contributed by atoms with Crippen LogP contribution in [0.5, 0.6) is 0 Å². The molecule has 3 N–H and O–H groups in total. The maximum absolute atomic E-state index is 14.8. The lowest BCUT2D eigenvalue weighted by molar-refractivity contribution is -0.154. The van der Waals surface area contributed by atoms with Crippen LogP contribution in [0.25, 0.3) is 16.9 Å². The van der Waals surface area contributed by atoms with Gasteiger partial charge in [-0.1, -0.05) is 24.3 Å². The maximum atomic E-state index is 14.8. The van der Waals surface area contributed by atoms with Gasteiger partial charge in [0.05, 0.1) is 24.0 Å². The molecule has 3 amide bonds. The highest BCUT2D eigenvalue weighted by molar-refractivity contribution is 5.93. The van der Waals surface area contributed by atoms with Crippen molar-refractivity contribution in [2.75, 3.05) is 39.2 Å². The van der Waals surface area contributed by atoms with Crippen molar-refractivity contribution in [3.8, 4) is 16.9 Å². The zero-order chi connectivity index (χ0) is 31.4. The molecule has 11 nitrogen and oxygen atoms in total. The van der Waals surface area contributed by atoms with Crippen LogP contribution in [0.4, 0.5) is 23.8 Å². The van der Waals surface area contributed by atoms with Crippen molar-refractivity contribution in [2.45, 2.75) is 19.1 Å². The number of ether oxygens (including phenoxy) is 1. The van der Waals surface area contributed by atoms with Crippen molar-refractivity contribution in [1.82, 2.24) is 30.5 Å². The second-order valence-corrected chi connectivity index (χ2v) is 9.99. The molecule has 44 heavy (non-hydrogen) atoms. The summed E-state index contributed by atoms with van der Waals surface area (Å²) in [6.45, 7) is 2.67. The van der Waals surface area contributed by atoms with Crippen LogP contribution in [0.2, 0.25) is 0 Å². The number of hydroxylamine groups is 2. The van der Waals surface area contributed by atoms with Gasteiger partial charge in [-0.25, -0.2) is 27.6 Å². The van der Waals surface area contributed by atoms with Gasteiger partial charge in [-0.05, 0) is 42.8 Å². The summed E-state index contributed by atoms with van der Waals surface area (Å²) in [7, 11) is 2.92. The minimum absolute atomic E-state index is 0.241. The second kappa shape index (κ2) is 13.2. The molecule has 0 spiro atoms. The number of hydrogen-bond acceptors (Lipinski definition) is 7. The van der Waals surface area contributed by atoms with Crippen molar-refractivity contribution in [3.63, 3.8) is 0 Å². The Morgan fingerprint density at radius 2 is 1.84 bits per heavy atom. The van der Waals surface area contributed by atoms with Gasteiger partial charge < -0.3 is 15.4 Å². The Hall–Kier alpha value is -4.79. The van der Waals surface area contributed by atoms with Crippen molar-refractivity contribution in [3.05, 3.63) is 95.1 Å². The number of halogens is 3. The zero-order valence-electron chi connectivity index (χ0n) is 24.1. The van der Waals surface area contributed by atoms with Crippen LogP contribution in [0.15, 0.2) is 60.8 Å². The lowest BCUT2D eigenvalue weighted by Crippen LogP contribution is -2.42. The molecule has 230 valence electrons. The molecule has 5 rings (SSSR count). The molecule has 0 saturated carbocycles. The topological polar surface area (TPSA) is 123 Å². The van der Waals surface area contributed by atoms with Crippen LogP contribution in [0.1, 0.15) is 27.7 Å². The number of nitrogens with zero attached hydrogens (tertiary/aromatic N) is 4. The Labute approximate surface area is 250 Å². The Balaban J connectivity index is 1.45. The molecule has 0 aliphatic carbocycles. The van der Waals surface area contributed by atoms with E-state index in [9.17, 15) is 22.8 Å². The minimum Gasteiger partial charge on any atom is -0.383 e. The molecular formula is C30H30F3N7O4. The van der Waals surface area contributed by atoms with E-state index in [1.165, 1.54) is 24.0 Å². The normalized spacial score (nSPS) is 16.6. The summed E-state index contributed by atoms with van der Waals surface area (Å²) in [6.07, 6.45) is 0.523. The average molecular weight is 610 g/mol. The molecule has 2 aromatic heterocycles. The first-order chi connectivity index (χ1) is 21.2. The lowest BCUT2D eigenvalue weighted by atomic mass is 10.0. The van der Waals surface area contributed by atoms with Crippen LogP contribution in [0.3, 0.4) is 0 Å². The first kappa shape index (κ1) is 30.7. The fraction of sp³-hybridized carbons (Fsp3) is 0.267. The quantitative estimate of drug-likeness (QED) is 0.261. The van der Waals surface area contributed by atoms with Crippen molar-refractivity contribution < 1.29 is 32.3 Å². The van der Waals surface area contributed by atoms with Gasteiger partial charge in [0.2, 0.25) is 0 Å². The monoisotopic (exact) mass is 609 g/mol. The van der Waals surface area contributed by atoms with E-state index in [2.05, 4.69) is 26.0 Å². The third-order valence-electron chi connectivity index (χ3n) is 7.07. The largest absolute Gasteiger partial charge is 0.383 e.